The van der Waals surface area contributed by atoms with E-state index in [0.717, 1.165) is 0 Å². The van der Waals surface area contributed by atoms with Gasteiger partial charge in [-0.1, -0.05) is 18.2 Å². The van der Waals surface area contributed by atoms with Crippen LogP contribution in [-0.4, -0.2) is 71.6 Å². The standard InChI is InChI=1S/C26H28F3N7O2/c1-26(2,38)23(37)20-11-19-21(13-30-20)32-22(17-12-31-36(15-17)25(28)29)24(33-19)35-9-7-34(8-10-35)14-16-5-3-4-6-18(16)27/h3-6,11-13,15,23,25,37-38H,7-10,14H2,1-2H3/t23-/m1/s1. The molecular formula is C26H28F3N7O2. The van der Waals surface area contributed by atoms with Crippen LogP contribution in [0, 0.1) is 5.82 Å². The Hall–Kier alpha value is -3.61. The van der Waals surface area contributed by atoms with Crippen molar-refractivity contribution in [3.63, 3.8) is 0 Å². The second-order valence-corrected chi connectivity index (χ2v) is 9.89. The second-order valence-electron chi connectivity index (χ2n) is 9.89. The molecule has 1 aromatic carbocycles. The molecule has 0 bridgehead atoms. The molecule has 1 fully saturated rings. The fourth-order valence-electron chi connectivity index (χ4n) is 4.44. The van der Waals surface area contributed by atoms with Crippen LogP contribution < -0.4 is 4.90 Å². The Morgan fingerprint density at radius 2 is 1.76 bits per heavy atom. The largest absolute Gasteiger partial charge is 0.387 e. The van der Waals surface area contributed by atoms with Gasteiger partial charge >= 0.3 is 6.55 Å². The van der Waals surface area contributed by atoms with Crippen molar-refractivity contribution in [1.29, 1.82) is 0 Å². The molecule has 0 amide bonds. The van der Waals surface area contributed by atoms with E-state index in [0.29, 0.717) is 71.1 Å². The van der Waals surface area contributed by atoms with Gasteiger partial charge in [-0.2, -0.15) is 13.9 Å². The van der Waals surface area contributed by atoms with E-state index in [4.69, 9.17) is 4.98 Å². The summed E-state index contributed by atoms with van der Waals surface area (Å²) in [4.78, 5) is 17.9. The van der Waals surface area contributed by atoms with Crippen LogP contribution in [0.15, 0.2) is 48.9 Å². The van der Waals surface area contributed by atoms with Crippen LogP contribution >= 0.6 is 0 Å². The van der Waals surface area contributed by atoms with Crippen LogP contribution in [0.3, 0.4) is 0 Å². The molecule has 0 saturated carbocycles. The molecule has 3 aromatic heterocycles. The fraction of sp³-hybridized carbons (Fsp3) is 0.385. The molecule has 12 heteroatoms. The number of nitrogens with zero attached hydrogens (tertiary/aromatic N) is 7. The van der Waals surface area contributed by atoms with Crippen molar-refractivity contribution in [3.05, 3.63) is 66.0 Å². The number of hydrogen-bond donors (Lipinski definition) is 2. The minimum Gasteiger partial charge on any atom is -0.387 e. The summed E-state index contributed by atoms with van der Waals surface area (Å²) in [5.41, 5.74) is 1.03. The summed E-state index contributed by atoms with van der Waals surface area (Å²) in [6, 6.07) is 8.25. The molecule has 1 saturated heterocycles. The Balaban J connectivity index is 1.48. The number of hydrogen-bond acceptors (Lipinski definition) is 8. The van der Waals surface area contributed by atoms with Gasteiger partial charge in [-0.25, -0.2) is 19.0 Å². The maximum Gasteiger partial charge on any atom is 0.333 e. The number of rotatable bonds is 7. The van der Waals surface area contributed by atoms with Gasteiger partial charge in [-0.05, 0) is 26.0 Å². The maximum atomic E-state index is 14.1. The van der Waals surface area contributed by atoms with E-state index in [1.54, 1.807) is 18.2 Å². The normalized spacial score (nSPS) is 15.9. The van der Waals surface area contributed by atoms with E-state index in [1.165, 1.54) is 38.5 Å². The average Bonchev–Trinajstić information content (AvgIpc) is 3.39. The van der Waals surface area contributed by atoms with Gasteiger partial charge in [0.25, 0.3) is 0 Å². The predicted octanol–water partition coefficient (Wildman–Crippen LogP) is 3.55. The molecule has 5 rings (SSSR count). The first-order valence-corrected chi connectivity index (χ1v) is 12.2. The third-order valence-electron chi connectivity index (χ3n) is 6.60. The van der Waals surface area contributed by atoms with Crippen LogP contribution in [-0.2, 0) is 6.54 Å². The van der Waals surface area contributed by atoms with Gasteiger partial charge in [0.15, 0.2) is 5.82 Å². The first-order valence-electron chi connectivity index (χ1n) is 12.2. The molecule has 9 nitrogen and oxygen atoms in total. The van der Waals surface area contributed by atoms with E-state index in [-0.39, 0.29) is 11.5 Å². The van der Waals surface area contributed by atoms with Crippen molar-refractivity contribution in [1.82, 2.24) is 29.6 Å². The summed E-state index contributed by atoms with van der Waals surface area (Å²) in [5.74, 6) is 0.234. The molecule has 38 heavy (non-hydrogen) atoms. The van der Waals surface area contributed by atoms with E-state index in [9.17, 15) is 23.4 Å². The molecule has 4 heterocycles. The molecule has 0 spiro atoms. The zero-order valence-corrected chi connectivity index (χ0v) is 21.0. The predicted molar refractivity (Wildman–Crippen MR) is 135 cm³/mol. The lowest BCUT2D eigenvalue weighted by molar-refractivity contribution is -0.0516. The summed E-state index contributed by atoms with van der Waals surface area (Å²) in [5, 5.41) is 24.5. The third-order valence-corrected chi connectivity index (χ3v) is 6.60. The Morgan fingerprint density at radius 1 is 1.03 bits per heavy atom. The molecule has 1 atom stereocenters. The minimum atomic E-state index is -2.80. The smallest absolute Gasteiger partial charge is 0.333 e. The molecule has 200 valence electrons. The van der Waals surface area contributed by atoms with E-state index >= 15 is 0 Å². The second kappa shape index (κ2) is 10.3. The van der Waals surface area contributed by atoms with Gasteiger partial charge in [0.05, 0.1) is 29.2 Å². The molecular weight excluding hydrogens is 499 g/mol. The molecule has 0 aliphatic carbocycles. The summed E-state index contributed by atoms with van der Waals surface area (Å²) < 4.78 is 41.2. The van der Waals surface area contributed by atoms with Crippen molar-refractivity contribution in [3.8, 4) is 11.3 Å². The zero-order chi connectivity index (χ0) is 27.0. The monoisotopic (exact) mass is 527 g/mol. The number of piperazine rings is 1. The third kappa shape index (κ3) is 5.33. The number of benzene rings is 1. The van der Waals surface area contributed by atoms with Crippen LogP contribution in [0.4, 0.5) is 19.0 Å². The van der Waals surface area contributed by atoms with Gasteiger partial charge in [0, 0.05) is 50.0 Å². The van der Waals surface area contributed by atoms with Gasteiger partial charge in [-0.3, -0.25) is 9.88 Å². The lowest BCUT2D eigenvalue weighted by atomic mass is 9.98. The number of alkyl halides is 2. The number of halogens is 3. The van der Waals surface area contributed by atoms with Crippen LogP contribution in [0.25, 0.3) is 22.3 Å². The lowest BCUT2D eigenvalue weighted by Gasteiger charge is -2.36. The van der Waals surface area contributed by atoms with Crippen LogP contribution in [0.1, 0.15) is 37.8 Å². The first-order chi connectivity index (χ1) is 18.1. The number of aliphatic hydroxyl groups is 2. The highest BCUT2D eigenvalue weighted by Crippen LogP contribution is 2.32. The number of fused-ring (bicyclic) bond motifs is 1. The Bertz CT molecular complexity index is 1430. The van der Waals surface area contributed by atoms with E-state index < -0.39 is 18.3 Å². The summed E-state index contributed by atoms with van der Waals surface area (Å²) in [7, 11) is 0. The Kier molecular flexibility index (Phi) is 7.03. The van der Waals surface area contributed by atoms with E-state index in [1.807, 2.05) is 11.0 Å². The SMILES string of the molecule is CC(C)(O)[C@H](O)c1cc2nc(N3CCN(Cc4ccccc4F)CC3)c(-c3cnn(C(F)F)c3)nc2cn1. The molecule has 0 unspecified atom stereocenters. The summed E-state index contributed by atoms with van der Waals surface area (Å²) >= 11 is 0. The van der Waals surface area contributed by atoms with E-state index in [2.05, 4.69) is 20.0 Å². The number of anilines is 1. The quantitative estimate of drug-likeness (QED) is 0.376. The number of aromatic nitrogens is 5. The molecule has 0 radical (unpaired) electrons. The topological polar surface area (TPSA) is 103 Å². The number of pyridine rings is 1. The Labute approximate surface area is 217 Å². The van der Waals surface area contributed by atoms with Gasteiger partial charge in [0.2, 0.25) is 0 Å². The lowest BCUT2D eigenvalue weighted by Crippen LogP contribution is -2.46. The van der Waals surface area contributed by atoms with Gasteiger partial charge in [0.1, 0.15) is 23.1 Å². The number of aliphatic hydroxyl groups excluding tert-OH is 1. The highest BCUT2D eigenvalue weighted by molar-refractivity contribution is 5.83. The van der Waals surface area contributed by atoms with Crippen LogP contribution in [0.5, 0.6) is 0 Å². The molecule has 1 aliphatic rings. The average molecular weight is 528 g/mol. The minimum absolute atomic E-state index is 0.234. The highest BCUT2D eigenvalue weighted by Gasteiger charge is 2.29. The van der Waals surface area contributed by atoms with Crippen LogP contribution in [0.2, 0.25) is 0 Å². The maximum absolute atomic E-state index is 14.1. The zero-order valence-electron chi connectivity index (χ0n) is 21.0. The van der Waals surface area contributed by atoms with Crippen molar-refractivity contribution in [2.75, 3.05) is 31.1 Å². The van der Waals surface area contributed by atoms with Crippen molar-refractivity contribution in [2.24, 2.45) is 0 Å². The van der Waals surface area contributed by atoms with Crippen molar-refractivity contribution < 1.29 is 23.4 Å². The molecule has 2 N–H and O–H groups in total. The Morgan fingerprint density at radius 3 is 2.42 bits per heavy atom. The van der Waals surface area contributed by atoms with Crippen molar-refractivity contribution in [2.45, 2.75) is 38.6 Å². The highest BCUT2D eigenvalue weighted by atomic mass is 19.3. The van der Waals surface area contributed by atoms with Gasteiger partial charge < -0.3 is 15.1 Å². The fourth-order valence-corrected chi connectivity index (χ4v) is 4.44. The summed E-state index contributed by atoms with van der Waals surface area (Å²) in [6.07, 6.45) is 2.73. The van der Waals surface area contributed by atoms with Gasteiger partial charge in [-0.15, -0.1) is 0 Å². The van der Waals surface area contributed by atoms with Crippen molar-refractivity contribution >= 4 is 16.9 Å². The first kappa shape index (κ1) is 26.0. The summed E-state index contributed by atoms with van der Waals surface area (Å²) in [6.45, 7) is 2.99. The molecule has 4 aromatic rings. The molecule has 1 aliphatic heterocycles.